The van der Waals surface area contributed by atoms with Gasteiger partial charge in [0.1, 0.15) is 45.9 Å². The van der Waals surface area contributed by atoms with Crippen molar-refractivity contribution in [3.8, 4) is 23.0 Å². The molecule has 6 rings (SSSR count). The topological polar surface area (TPSA) is 432 Å². The van der Waals surface area contributed by atoms with E-state index in [2.05, 4.69) is 54.4 Å². The van der Waals surface area contributed by atoms with Gasteiger partial charge in [-0.2, -0.15) is 0 Å². The predicted molar refractivity (Wildman–Crippen MR) is 495 cm³/mol. The lowest BCUT2D eigenvalue weighted by atomic mass is 9.96. The van der Waals surface area contributed by atoms with E-state index < -0.39 is 41.9 Å². The van der Waals surface area contributed by atoms with E-state index in [1.165, 1.54) is 59.2 Å². The summed E-state index contributed by atoms with van der Waals surface area (Å²) in [7, 11) is 9.23. The number of ether oxygens (including phenoxy) is 5. The summed E-state index contributed by atoms with van der Waals surface area (Å²) in [5, 5.41) is 20.1. The van der Waals surface area contributed by atoms with Crippen LogP contribution in [-0.4, -0.2) is 174 Å². The Hall–Kier alpha value is -11.1. The molecule has 9 N–H and O–H groups in total. The first-order chi connectivity index (χ1) is 58.6. The molecule has 0 saturated heterocycles. The van der Waals surface area contributed by atoms with Gasteiger partial charge in [-0.1, -0.05) is 168 Å². The summed E-state index contributed by atoms with van der Waals surface area (Å²) >= 11 is 0. The molecule has 0 aliphatic carbocycles. The molecule has 1 unspecified atom stereocenters. The van der Waals surface area contributed by atoms with Gasteiger partial charge in [0.15, 0.2) is 34.7 Å². The van der Waals surface area contributed by atoms with Crippen molar-refractivity contribution in [2.75, 3.05) is 55.1 Å². The van der Waals surface area contributed by atoms with Crippen LogP contribution in [0.2, 0.25) is 0 Å². The largest absolute Gasteiger partial charge is 0.508 e. The SMILES string of the molecule is CC(=O)CCC(N)C(=O)C(C)C.CC(=O)Oc1ccccc1C(=O)C(C)C.CC(C)C(=O)CCCCC(=O)c1cccnc1.CC(C)C(=O)CCCN.CC(C)C(=O)[C@@H](N)Cc1c[nH]c2ccc(O)cc12.CC(C)C(=O)c1ccccc1OC(=O)c1ccccc1O.CC(C)CC[N+](C)(C)C.COC(=O)/C=C/C(=O)C(C)C.COC(=O)/C=C/C(=O)OCC(C)(C)C. The number of para-hydroxylation sites is 3. The minimum Gasteiger partial charge on any atom is -0.508 e. The average Bonchev–Trinajstić information content (AvgIpc) is 1.65. The van der Waals surface area contributed by atoms with Crippen LogP contribution in [0.5, 0.6) is 23.0 Å². The number of esters is 5. The predicted octanol–water partition coefficient (Wildman–Crippen LogP) is 16.8. The number of rotatable bonds is 36. The number of aromatic nitrogens is 2. The third-order valence-electron chi connectivity index (χ3n) is 17.5. The number of aromatic amines is 1. The summed E-state index contributed by atoms with van der Waals surface area (Å²) in [6, 6.07) is 27.2. The number of phenolic OH excluding ortho intramolecular Hbond substituents is 2. The van der Waals surface area contributed by atoms with Crippen LogP contribution in [0.15, 0.2) is 146 Å². The molecule has 0 amide bonds. The van der Waals surface area contributed by atoms with Crippen molar-refractivity contribution in [3.05, 3.63) is 174 Å². The Balaban J connectivity index is -0.00000137. The zero-order chi connectivity index (χ0) is 97.3. The van der Waals surface area contributed by atoms with Gasteiger partial charge in [-0.15, -0.1) is 0 Å². The fourth-order valence-corrected chi connectivity index (χ4v) is 9.83. The number of benzene rings is 4. The Labute approximate surface area is 748 Å². The van der Waals surface area contributed by atoms with Crippen LogP contribution < -0.4 is 26.7 Å². The van der Waals surface area contributed by atoms with Crippen LogP contribution in [0.3, 0.4) is 0 Å². The zero-order valence-electron chi connectivity index (χ0n) is 79.6. The second-order valence-corrected chi connectivity index (χ2v) is 34.5. The van der Waals surface area contributed by atoms with E-state index in [0.29, 0.717) is 79.9 Å². The van der Waals surface area contributed by atoms with Crippen molar-refractivity contribution >= 4 is 92.8 Å². The summed E-state index contributed by atoms with van der Waals surface area (Å²) in [4.78, 5) is 164. The number of quaternary nitrogens is 1. The van der Waals surface area contributed by atoms with Gasteiger partial charge in [0, 0.05) is 127 Å². The van der Waals surface area contributed by atoms with Crippen molar-refractivity contribution in [1.29, 1.82) is 0 Å². The van der Waals surface area contributed by atoms with E-state index in [1.54, 1.807) is 125 Å². The maximum atomic E-state index is 12.1. The highest BCUT2D eigenvalue weighted by Gasteiger charge is 2.23. The molecule has 0 saturated carbocycles. The van der Waals surface area contributed by atoms with E-state index in [9.17, 15) is 77.3 Å². The van der Waals surface area contributed by atoms with Gasteiger partial charge in [0.2, 0.25) is 0 Å². The Morgan fingerprint density at radius 3 is 1.40 bits per heavy atom. The van der Waals surface area contributed by atoms with E-state index >= 15 is 0 Å². The molecule has 0 spiro atoms. The molecule has 698 valence electrons. The summed E-state index contributed by atoms with van der Waals surface area (Å²) in [5.41, 5.74) is 20.1. The first-order valence-corrected chi connectivity index (χ1v) is 42.6. The number of ketones is 9. The van der Waals surface area contributed by atoms with E-state index in [1.807, 2.05) is 102 Å². The molecule has 0 bridgehead atoms. The quantitative estimate of drug-likeness (QED) is 0.00405. The highest BCUT2D eigenvalue weighted by Crippen LogP contribution is 2.27. The Bertz CT molecular complexity index is 4400. The van der Waals surface area contributed by atoms with Crippen molar-refractivity contribution in [3.63, 3.8) is 0 Å². The van der Waals surface area contributed by atoms with Gasteiger partial charge < -0.3 is 65.4 Å². The van der Waals surface area contributed by atoms with Gasteiger partial charge in [0.05, 0.1) is 71.7 Å². The number of pyridine rings is 1. The monoisotopic (exact) mass is 1760 g/mol. The number of fused-ring (bicyclic) bond motifs is 1. The van der Waals surface area contributed by atoms with Crippen molar-refractivity contribution in [2.45, 2.75) is 222 Å². The number of allylic oxidation sites excluding steroid dienone is 1. The summed E-state index contributed by atoms with van der Waals surface area (Å²) in [5.74, 6) is -0.787. The standard InChI is InChI=1S/C17H16O4.C14H18N2O2.C14H19NO2.C12H14O3.C10H16O4.C9H17NO2.C8H20N.C8H12O3.C7H15NO/c1-11(2)16(19)13-8-4-6-10-15(13)21-17(20)12-7-3-5-9-14(12)18;1-8(2)14(18)12(15)5-9-7-16-13-4-3-10(17)6-11(9)13;1-11(2)13(16)7-3-4-8-14(17)12-6-5-9-15-10-12;1-8(2)12(14)10-6-4-5-7-11(10)15-9(3)13;1-10(2,3)7-14-9(12)6-5-8(11)13-4;1-6(2)9(12)8(10)5-4-7(3)11;1-8(2)6-7-9(3,4)5;1-6(2)7(9)4-5-8(10)11-3;1-6(2)7(9)4-3-5-8/h3-11,18H,1-2H3;3-4,6-8,12,16-17H,5,15H2,1-2H3;5-6,9-11H,3-4,7-8H2,1-2H3;4-8H,1-3H3;5-6H,7H2,1-4H3;6,8H,4-5,10H2,1-3H3;8H,6-7H2,1-5H3;4-6H,1-3H3;6H,3-5,8H2,1-2H3/q;;;;;;+1;;/b;;;;6-5+;;;5-4+;/t;12-;;;;;;;/m.0......./s1. The zero-order valence-corrected chi connectivity index (χ0v) is 79.6. The second-order valence-electron chi connectivity index (χ2n) is 34.5. The number of carbonyl (C=O) groups is 14. The summed E-state index contributed by atoms with van der Waals surface area (Å²) < 4.78 is 24.8. The number of phenols is 2. The Morgan fingerprint density at radius 1 is 0.516 bits per heavy atom. The fraction of sp³-hybridized carbons (Fsp3) is 0.505. The Kier molecular flexibility index (Phi) is 61.0. The fourth-order valence-electron chi connectivity index (χ4n) is 9.83. The minimum absolute atomic E-state index is 0.0214. The van der Waals surface area contributed by atoms with Crippen molar-refractivity contribution in [2.24, 2.45) is 70.0 Å². The third kappa shape index (κ3) is 56.7. The highest BCUT2D eigenvalue weighted by molar-refractivity contribution is 6.03. The van der Waals surface area contributed by atoms with E-state index in [0.717, 1.165) is 64.4 Å². The van der Waals surface area contributed by atoms with Crippen LogP contribution in [-0.2, 0) is 68.6 Å². The van der Waals surface area contributed by atoms with Crippen LogP contribution >= 0.6 is 0 Å². The number of Topliss-reactive ketones (excluding diaryl/α,β-unsaturated/α-hetero) is 8. The number of nitrogens with one attached hydrogen (secondary N) is 1. The average molecular weight is 1760 g/mol. The van der Waals surface area contributed by atoms with E-state index in [-0.39, 0.29) is 116 Å². The number of hydrogen-bond acceptors (Lipinski definition) is 25. The summed E-state index contributed by atoms with van der Waals surface area (Å²) in [6.45, 7) is 41.1. The van der Waals surface area contributed by atoms with Gasteiger partial charge in [0.25, 0.3) is 0 Å². The van der Waals surface area contributed by atoms with Gasteiger partial charge in [-0.05, 0) is 142 Å². The van der Waals surface area contributed by atoms with Crippen molar-refractivity contribution < 1.29 is 106 Å². The molecular weight excluding hydrogens is 1610 g/mol. The van der Waals surface area contributed by atoms with Crippen LogP contribution in [0, 0.1) is 52.8 Å². The molecule has 2 atom stereocenters. The van der Waals surface area contributed by atoms with Crippen LogP contribution in [0.1, 0.15) is 250 Å². The number of carbonyl (C=O) groups excluding carboxylic acids is 14. The molecule has 126 heavy (non-hydrogen) atoms. The lowest BCUT2D eigenvalue weighted by Gasteiger charge is -2.24. The lowest BCUT2D eigenvalue weighted by molar-refractivity contribution is -0.870. The molecule has 0 aliphatic rings. The molecule has 2 heterocycles. The molecule has 0 aliphatic heterocycles. The van der Waals surface area contributed by atoms with E-state index in [4.69, 9.17) is 31.4 Å². The molecule has 2 aromatic heterocycles. The first-order valence-electron chi connectivity index (χ1n) is 42.6. The molecule has 0 radical (unpaired) electrons. The molecule has 4 aromatic carbocycles. The molecule has 27 nitrogen and oxygen atoms in total. The molecule has 27 heteroatoms. The Morgan fingerprint density at radius 2 is 0.984 bits per heavy atom. The van der Waals surface area contributed by atoms with Gasteiger partial charge >= 0.3 is 29.8 Å². The number of aromatic hydroxyl groups is 2. The maximum absolute atomic E-state index is 12.1. The lowest BCUT2D eigenvalue weighted by Crippen LogP contribution is -2.35. The smallest absolute Gasteiger partial charge is 0.347 e. The van der Waals surface area contributed by atoms with Gasteiger partial charge in [-0.25, -0.2) is 19.2 Å². The van der Waals surface area contributed by atoms with Gasteiger partial charge in [-0.3, -0.25) is 48.1 Å². The number of nitrogens with zero attached hydrogens (tertiary/aromatic N) is 2. The van der Waals surface area contributed by atoms with Crippen LogP contribution in [0.25, 0.3) is 10.9 Å². The number of methoxy groups -OCH3 is 2. The number of H-pyrrole nitrogens is 1. The highest BCUT2D eigenvalue weighted by atomic mass is 16.5. The van der Waals surface area contributed by atoms with Crippen LogP contribution in [0.4, 0.5) is 0 Å². The maximum Gasteiger partial charge on any atom is 0.347 e. The second kappa shape index (κ2) is 64.6. The molecule has 6 aromatic rings. The summed E-state index contributed by atoms with van der Waals surface area (Å²) in [6.07, 6.45) is 16.4. The minimum atomic E-state index is -0.697. The third-order valence-corrected chi connectivity index (χ3v) is 17.5. The number of unbranched alkanes of at least 4 members (excludes halogenated alkanes) is 1. The van der Waals surface area contributed by atoms with Crippen molar-refractivity contribution in [1.82, 2.24) is 9.97 Å². The first kappa shape index (κ1) is 119. The molecule has 0 fully saturated rings. The number of nitrogens with two attached hydrogens (primary N) is 3. The normalized spacial score (nSPS) is 11.3. The molecular formula is C99H147N6O21+. The number of hydrogen-bond donors (Lipinski definition) is 6.